The number of alkyl halides is 1. The van der Waals surface area contributed by atoms with Gasteiger partial charge in [0.15, 0.2) is 23.2 Å². The number of nitrogens with one attached hydrogen (secondary N) is 2. The Balaban J connectivity index is 1.42. The summed E-state index contributed by atoms with van der Waals surface area (Å²) in [6, 6.07) is 10.2. The Kier molecular flexibility index (Phi) is 7.60. The van der Waals surface area contributed by atoms with E-state index in [-0.39, 0.29) is 40.1 Å². The third-order valence-corrected chi connectivity index (χ3v) is 7.44. The van der Waals surface area contributed by atoms with E-state index in [0.717, 1.165) is 36.5 Å². The Morgan fingerprint density at radius 2 is 1.71 bits per heavy atom. The summed E-state index contributed by atoms with van der Waals surface area (Å²) in [4.78, 5) is 15.9. The Morgan fingerprint density at radius 1 is 1.00 bits per heavy atom. The third kappa shape index (κ3) is 5.63. The number of hydrogen-bond donors (Lipinski definition) is 3. The van der Waals surface area contributed by atoms with Gasteiger partial charge in [-0.1, -0.05) is 12.1 Å². The van der Waals surface area contributed by atoms with Gasteiger partial charge in [-0.3, -0.25) is 13.9 Å². The molecule has 0 radical (unpaired) electrons. The molecule has 0 aliphatic carbocycles. The number of ether oxygens (including phenoxy) is 1. The number of para-hydroxylation sites is 1. The minimum absolute atomic E-state index is 0.109. The molecule has 0 unspecified atom stereocenters. The molecule has 0 spiro atoms. The topological polar surface area (TPSA) is 132 Å². The number of fused-ring (bicyclic) bond motifs is 1. The molecule has 2 aromatic heterocycles. The first-order valence-corrected chi connectivity index (χ1v) is 13.8. The lowest BCUT2D eigenvalue weighted by atomic mass is 10.1. The van der Waals surface area contributed by atoms with Gasteiger partial charge in [0.2, 0.25) is 15.8 Å². The normalized spacial score (nSPS) is 11.6. The smallest absolute Gasteiger partial charge is 0.232 e. The van der Waals surface area contributed by atoms with E-state index in [0.29, 0.717) is 4.68 Å². The molecule has 42 heavy (non-hydrogen) atoms. The van der Waals surface area contributed by atoms with Gasteiger partial charge in [0, 0.05) is 23.0 Å². The molecule has 3 aromatic carbocycles. The van der Waals surface area contributed by atoms with Crippen LogP contribution in [-0.4, -0.2) is 41.4 Å². The highest BCUT2D eigenvalue weighted by molar-refractivity contribution is 7.92. The highest BCUT2D eigenvalue weighted by atomic mass is 32.2. The van der Waals surface area contributed by atoms with Crippen LogP contribution < -0.4 is 15.2 Å². The molecule has 0 aliphatic rings. The van der Waals surface area contributed by atoms with Crippen molar-refractivity contribution in [3.63, 3.8) is 0 Å². The summed E-state index contributed by atoms with van der Waals surface area (Å²) in [6.45, 7) is -0.862. The van der Waals surface area contributed by atoms with Gasteiger partial charge in [-0.05, 0) is 36.8 Å². The SMILES string of the molecule is Nc1c(C(=O)c2cc3cc(F)c(NS(=O)(=O)CCCF)cc3[nH]2)cnn1-c1c(F)cc(Oc2ccccc2F)cc1F. The van der Waals surface area contributed by atoms with Crippen LogP contribution in [0.1, 0.15) is 22.5 Å². The quantitative estimate of drug-likeness (QED) is 0.140. The van der Waals surface area contributed by atoms with Gasteiger partial charge in [0.1, 0.15) is 23.1 Å². The number of benzene rings is 3. The van der Waals surface area contributed by atoms with Crippen molar-refractivity contribution in [3.8, 4) is 17.2 Å². The van der Waals surface area contributed by atoms with E-state index in [9.17, 15) is 35.2 Å². The number of nitrogens with zero attached hydrogens (tertiary/aromatic N) is 2. The number of carbonyl (C=O) groups is 1. The first kappa shape index (κ1) is 28.6. The van der Waals surface area contributed by atoms with E-state index in [4.69, 9.17) is 10.5 Å². The lowest BCUT2D eigenvalue weighted by molar-refractivity contribution is 0.103. The summed E-state index contributed by atoms with van der Waals surface area (Å²) < 4.78 is 103. The minimum atomic E-state index is -4.02. The monoisotopic (exact) mass is 605 g/mol. The number of nitrogen functional groups attached to an aromatic ring is 1. The lowest BCUT2D eigenvalue weighted by Crippen LogP contribution is -2.17. The molecule has 0 atom stereocenters. The summed E-state index contributed by atoms with van der Waals surface area (Å²) in [7, 11) is -4.02. The zero-order chi connectivity index (χ0) is 30.2. The Bertz CT molecular complexity index is 1920. The number of carbonyl (C=O) groups excluding carboxylic acids is 1. The number of ketones is 1. The Hall–Kier alpha value is -4.92. The predicted octanol–water partition coefficient (Wildman–Crippen LogP) is 5.62. The summed E-state index contributed by atoms with van der Waals surface area (Å²) in [5.74, 6) is -6.35. The molecule has 15 heteroatoms. The fourth-order valence-corrected chi connectivity index (χ4v) is 5.21. The molecule has 0 aliphatic heterocycles. The van der Waals surface area contributed by atoms with Crippen LogP contribution in [0.15, 0.2) is 60.8 Å². The summed E-state index contributed by atoms with van der Waals surface area (Å²) in [6.07, 6.45) is 0.714. The average Bonchev–Trinajstić information content (AvgIpc) is 3.51. The molecular weight excluding hydrogens is 585 g/mol. The van der Waals surface area contributed by atoms with Crippen LogP contribution in [0.3, 0.4) is 0 Å². The highest BCUT2D eigenvalue weighted by Crippen LogP contribution is 2.31. The molecule has 4 N–H and O–H groups in total. The summed E-state index contributed by atoms with van der Waals surface area (Å²) in [5, 5.41) is 4.05. The van der Waals surface area contributed by atoms with Crippen molar-refractivity contribution >= 4 is 38.2 Å². The first-order valence-electron chi connectivity index (χ1n) is 12.2. The van der Waals surface area contributed by atoms with Crippen LogP contribution in [-0.2, 0) is 10.0 Å². The second kappa shape index (κ2) is 11.2. The molecule has 5 rings (SSSR count). The van der Waals surface area contributed by atoms with Gasteiger partial charge in [-0.15, -0.1) is 0 Å². The summed E-state index contributed by atoms with van der Waals surface area (Å²) in [5.41, 5.74) is 4.71. The zero-order valence-corrected chi connectivity index (χ0v) is 22.1. The highest BCUT2D eigenvalue weighted by Gasteiger charge is 2.24. The van der Waals surface area contributed by atoms with Gasteiger partial charge in [-0.2, -0.15) is 5.10 Å². The van der Waals surface area contributed by atoms with E-state index in [1.165, 1.54) is 24.3 Å². The van der Waals surface area contributed by atoms with Crippen molar-refractivity contribution in [1.82, 2.24) is 14.8 Å². The number of sulfonamides is 1. The molecular formula is C27H20F5N5O4S. The van der Waals surface area contributed by atoms with Gasteiger partial charge in [0.05, 0.1) is 35.6 Å². The van der Waals surface area contributed by atoms with Crippen molar-refractivity contribution in [3.05, 3.63) is 95.3 Å². The van der Waals surface area contributed by atoms with Crippen molar-refractivity contribution < 1.29 is 39.9 Å². The number of H-pyrrole nitrogens is 1. The number of aromatic amines is 1. The largest absolute Gasteiger partial charge is 0.454 e. The van der Waals surface area contributed by atoms with Gasteiger partial charge in [0.25, 0.3) is 0 Å². The van der Waals surface area contributed by atoms with E-state index in [2.05, 4.69) is 10.1 Å². The van der Waals surface area contributed by atoms with Crippen LogP contribution in [0.5, 0.6) is 11.5 Å². The second-order valence-corrected chi connectivity index (χ2v) is 10.9. The van der Waals surface area contributed by atoms with Crippen molar-refractivity contribution in [2.75, 3.05) is 22.9 Å². The van der Waals surface area contributed by atoms with Crippen LogP contribution >= 0.6 is 0 Å². The van der Waals surface area contributed by atoms with Crippen LogP contribution in [0.2, 0.25) is 0 Å². The van der Waals surface area contributed by atoms with E-state index < -0.39 is 68.7 Å². The van der Waals surface area contributed by atoms with Crippen molar-refractivity contribution in [2.45, 2.75) is 6.42 Å². The molecule has 0 saturated heterocycles. The molecule has 0 saturated carbocycles. The Morgan fingerprint density at radius 3 is 2.40 bits per heavy atom. The van der Waals surface area contributed by atoms with Gasteiger partial charge >= 0.3 is 0 Å². The number of nitrogens with two attached hydrogens (primary N) is 1. The molecule has 5 aromatic rings. The van der Waals surface area contributed by atoms with Crippen LogP contribution in [0.25, 0.3) is 16.6 Å². The van der Waals surface area contributed by atoms with Crippen molar-refractivity contribution in [2.24, 2.45) is 0 Å². The zero-order valence-electron chi connectivity index (χ0n) is 21.3. The molecule has 0 fully saturated rings. The fourth-order valence-electron chi connectivity index (χ4n) is 4.13. The molecule has 218 valence electrons. The molecule has 0 amide bonds. The number of rotatable bonds is 10. The standard InChI is InChI=1S/C27H20F5N5O4S/c28-6-3-7-42(39,40)36-22-12-21-14(8-18(22)30)9-23(35-21)26(38)16-13-34-37(27(16)33)25-19(31)10-15(11-20(25)32)41-24-5-2-1-4-17(24)29/h1-2,4-5,8-13,35-36H,3,6-7,33H2. The second-order valence-electron chi connectivity index (χ2n) is 9.02. The molecule has 9 nitrogen and oxygen atoms in total. The van der Waals surface area contributed by atoms with E-state index in [1.54, 1.807) is 0 Å². The number of anilines is 2. The number of halogens is 5. The average molecular weight is 606 g/mol. The minimum Gasteiger partial charge on any atom is -0.454 e. The first-order chi connectivity index (χ1) is 20.0. The maximum absolute atomic E-state index is 15.0. The maximum atomic E-state index is 15.0. The molecule has 2 heterocycles. The van der Waals surface area contributed by atoms with Crippen molar-refractivity contribution in [1.29, 1.82) is 0 Å². The molecule has 0 bridgehead atoms. The third-order valence-electron chi connectivity index (χ3n) is 6.08. The lowest BCUT2D eigenvalue weighted by Gasteiger charge is -2.11. The number of hydrogen-bond acceptors (Lipinski definition) is 6. The van der Waals surface area contributed by atoms with E-state index in [1.807, 2.05) is 4.72 Å². The van der Waals surface area contributed by atoms with Gasteiger partial charge in [-0.25, -0.2) is 30.7 Å². The predicted molar refractivity (Wildman–Crippen MR) is 144 cm³/mol. The number of aromatic nitrogens is 3. The van der Waals surface area contributed by atoms with E-state index >= 15 is 0 Å². The Labute approximate surface area is 234 Å². The fraction of sp³-hybridized carbons (Fsp3) is 0.111. The van der Waals surface area contributed by atoms with Crippen LogP contribution in [0, 0.1) is 23.3 Å². The summed E-state index contributed by atoms with van der Waals surface area (Å²) >= 11 is 0. The van der Waals surface area contributed by atoms with Crippen LogP contribution in [0.4, 0.5) is 33.5 Å². The maximum Gasteiger partial charge on any atom is 0.232 e. The van der Waals surface area contributed by atoms with Gasteiger partial charge < -0.3 is 15.5 Å².